The van der Waals surface area contributed by atoms with Crippen molar-refractivity contribution in [3.8, 4) is 11.5 Å². The van der Waals surface area contributed by atoms with Gasteiger partial charge in [0.2, 0.25) is 0 Å². The predicted molar refractivity (Wildman–Crippen MR) is 118 cm³/mol. The van der Waals surface area contributed by atoms with Gasteiger partial charge in [0.25, 0.3) is 0 Å². The summed E-state index contributed by atoms with van der Waals surface area (Å²) < 4.78 is 151. The van der Waals surface area contributed by atoms with Crippen molar-refractivity contribution in [1.29, 1.82) is 0 Å². The van der Waals surface area contributed by atoms with Crippen molar-refractivity contribution < 1.29 is 42.3 Å². The number of methoxy groups -OCH3 is 2. The number of benzene rings is 1. The van der Waals surface area contributed by atoms with Gasteiger partial charge < -0.3 is 19.9 Å². The number of carbonyl (C=O) groups excluding carboxylic acids is 1. The van der Waals surface area contributed by atoms with Crippen LogP contribution in [0.2, 0.25) is 0 Å². The monoisotopic (exact) mass is 435 g/mol. The molecule has 30 heavy (non-hydrogen) atoms. The van der Waals surface area contributed by atoms with Crippen LogP contribution in [0.5, 0.6) is 11.5 Å². The van der Waals surface area contributed by atoms with E-state index in [2.05, 4.69) is 0 Å². The van der Waals surface area contributed by atoms with E-state index >= 15 is 0 Å². The summed E-state index contributed by atoms with van der Waals surface area (Å²) >= 11 is 0. The van der Waals surface area contributed by atoms with E-state index in [1.54, 1.807) is 4.90 Å². The summed E-state index contributed by atoms with van der Waals surface area (Å²) in [6.45, 7) is -3.69. The van der Waals surface area contributed by atoms with Gasteiger partial charge in [0.15, 0.2) is 11.5 Å². The van der Waals surface area contributed by atoms with E-state index in [1.807, 2.05) is 13.8 Å². The lowest BCUT2D eigenvalue weighted by Gasteiger charge is -2.47. The average molecular weight is 436 g/mol. The van der Waals surface area contributed by atoms with Crippen molar-refractivity contribution in [3.05, 3.63) is 23.2 Å². The maximum absolute atomic E-state index is 13.5. The van der Waals surface area contributed by atoms with E-state index in [1.165, 1.54) is 0 Å². The molecule has 3 unspecified atom stereocenters. The van der Waals surface area contributed by atoms with Crippen LogP contribution < -0.4 is 15.2 Å². The number of carbonyl (C=O) groups is 1. The third kappa shape index (κ3) is 4.75. The first-order valence-electron chi connectivity index (χ1n) is 18.2. The average Bonchev–Trinajstić information content (AvgIpc) is 2.85. The molecule has 0 amide bonds. The second-order valence-corrected chi connectivity index (χ2v) is 7.93. The molecule has 1 saturated heterocycles. The molecule has 1 fully saturated rings. The van der Waals surface area contributed by atoms with Gasteiger partial charge in [0.05, 0.1) is 27.8 Å². The van der Waals surface area contributed by atoms with Gasteiger partial charge in [-0.25, -0.2) is 0 Å². The summed E-state index contributed by atoms with van der Waals surface area (Å²) in [5, 5.41) is 0. The van der Waals surface area contributed by atoms with E-state index < -0.39 is 93.7 Å². The van der Waals surface area contributed by atoms with Crippen LogP contribution >= 0.6 is 0 Å². The molecule has 2 aliphatic rings. The number of nitrogens with two attached hydrogens (primary N) is 1. The Morgan fingerprint density at radius 3 is 2.77 bits per heavy atom. The largest absolute Gasteiger partial charge is 0.493 e. The number of esters is 1. The Kier molecular flexibility index (Phi) is 2.99. The number of hydrogen-bond donors (Lipinski definition) is 1. The molecule has 0 bridgehead atoms. The second kappa shape index (κ2) is 9.56. The topological polar surface area (TPSA) is 74.0 Å². The highest BCUT2D eigenvalue weighted by atomic mass is 16.5. The summed E-state index contributed by atoms with van der Waals surface area (Å²) in [6.07, 6.45) is -1.51. The van der Waals surface area contributed by atoms with Crippen LogP contribution in [0.3, 0.4) is 0 Å². The lowest BCUT2D eigenvalue weighted by atomic mass is 9.79. The number of fused-ring (bicyclic) bond motifs is 3. The zero-order valence-electron chi connectivity index (χ0n) is 33.9. The maximum atomic E-state index is 13.5. The molecule has 1 aromatic rings. The van der Waals surface area contributed by atoms with Gasteiger partial charge in [-0.2, -0.15) is 0 Å². The number of hydrogen-bond acceptors (Lipinski definition) is 6. The summed E-state index contributed by atoms with van der Waals surface area (Å²) in [5.41, 5.74) is 5.48. The van der Waals surface area contributed by atoms with E-state index in [9.17, 15) is 6.17 Å². The minimum atomic E-state index is -3.83. The number of nitrogens with zero attached hydrogens (tertiary/aromatic N) is 1. The van der Waals surface area contributed by atoms with Gasteiger partial charge in [0, 0.05) is 41.0 Å². The SMILES string of the molecule is [2H]c1c2c(c([2H])c(OC([2H])([2H])[2H])c1OC([2H])([2H])[2H])C1([2H])CC(OC(=O)[C@@]([2H])(N)C([2H])(C([2H])([2H])[2H])C([2H])([2H])[2H])C(CC(C)C)CN1CC2. The molecule has 2 heterocycles. The van der Waals surface area contributed by atoms with Crippen LogP contribution in [0.4, 0.5) is 0 Å². The molecule has 0 aliphatic carbocycles. The minimum absolute atomic E-state index is 0.00888. The van der Waals surface area contributed by atoms with Crippen LogP contribution in [0.25, 0.3) is 0 Å². The third-order valence-electron chi connectivity index (χ3n) is 5.41. The maximum Gasteiger partial charge on any atom is 0.323 e. The molecule has 3 rings (SSSR count). The molecule has 0 radical (unpaired) electrons. The number of piperidine rings is 1. The Morgan fingerprint density at radius 2 is 2.10 bits per heavy atom. The standard InChI is InChI=1S/C24H38N2O4/c1-14(2)9-17-13-26-8-7-16-10-21(28-5)22(29-6)11-18(16)19(26)12-20(17)30-24(27)23(25)15(3)4/h10-11,14-15,17,19-20,23H,7-9,12-13,25H2,1-6H3/t17?,19?,20?,23-/m0/s1/i3D3,4D3,5D3,6D3,10D,11D,15D,19D,23D. The first-order valence-corrected chi connectivity index (χ1v) is 9.68. The Balaban J connectivity index is 2.20. The van der Waals surface area contributed by atoms with Crippen molar-refractivity contribution >= 4 is 5.97 Å². The van der Waals surface area contributed by atoms with Gasteiger partial charge in [-0.1, -0.05) is 27.6 Å². The molecule has 0 saturated carbocycles. The third-order valence-corrected chi connectivity index (χ3v) is 5.41. The highest BCUT2D eigenvalue weighted by Gasteiger charge is 2.41. The fourth-order valence-electron chi connectivity index (χ4n) is 4.08. The van der Waals surface area contributed by atoms with Crippen LogP contribution in [0.15, 0.2) is 12.1 Å². The summed E-state index contributed by atoms with van der Waals surface area (Å²) in [5.74, 6) is -8.05. The first kappa shape index (κ1) is 9.37. The predicted octanol–water partition coefficient (Wildman–Crippen LogP) is 3.56. The number of ether oxygens (including phenoxy) is 3. The van der Waals surface area contributed by atoms with Gasteiger partial charge in [-0.05, 0) is 47.9 Å². The zero-order valence-corrected chi connectivity index (χ0v) is 16.9. The van der Waals surface area contributed by atoms with Gasteiger partial charge in [0.1, 0.15) is 12.1 Å². The van der Waals surface area contributed by atoms with Crippen molar-refractivity contribution in [2.45, 2.75) is 65.0 Å². The highest BCUT2D eigenvalue weighted by Crippen LogP contribution is 2.44. The quantitative estimate of drug-likeness (QED) is 0.660. The number of rotatable bonds is 7. The Bertz CT molecular complexity index is 1340. The Morgan fingerprint density at radius 1 is 1.37 bits per heavy atom. The normalized spacial score (nSPS) is 38.7. The molecule has 0 aromatic heterocycles. The molecular formula is C24H38N2O4. The first-order chi connectivity index (χ1) is 20.9. The van der Waals surface area contributed by atoms with E-state index in [4.69, 9.17) is 41.9 Å². The smallest absolute Gasteiger partial charge is 0.323 e. The van der Waals surface area contributed by atoms with E-state index in [0.717, 1.165) is 0 Å². The Labute approximate surface area is 204 Å². The van der Waals surface area contributed by atoms with Crippen molar-refractivity contribution in [1.82, 2.24) is 4.90 Å². The molecule has 6 heteroatoms. The van der Waals surface area contributed by atoms with Gasteiger partial charge in [-0.3, -0.25) is 9.69 Å². The van der Waals surface area contributed by atoms with Crippen LogP contribution in [-0.2, 0) is 16.0 Å². The lowest BCUT2D eigenvalue weighted by Crippen LogP contribution is -2.51. The summed E-state index contributed by atoms with van der Waals surface area (Å²) in [7, 11) is -6.40. The lowest BCUT2D eigenvalue weighted by molar-refractivity contribution is -0.160. The van der Waals surface area contributed by atoms with Crippen molar-refractivity contribution in [2.75, 3.05) is 27.2 Å². The molecular weight excluding hydrogens is 380 g/mol. The summed E-state index contributed by atoms with van der Waals surface area (Å²) in [4.78, 5) is 15.1. The van der Waals surface area contributed by atoms with Crippen LogP contribution in [0.1, 0.15) is 80.8 Å². The minimum Gasteiger partial charge on any atom is -0.493 e. The molecule has 6 nitrogen and oxygen atoms in total. The molecule has 2 N–H and O–H groups in total. The molecule has 2 aliphatic heterocycles. The summed E-state index contributed by atoms with van der Waals surface area (Å²) in [6, 6.07) is -7.10. The van der Waals surface area contributed by atoms with Gasteiger partial charge >= 0.3 is 5.97 Å². The van der Waals surface area contributed by atoms with Gasteiger partial charge in [-0.15, -0.1) is 0 Å². The zero-order chi connectivity index (χ0) is 36.5. The molecule has 168 valence electrons. The Hall–Kier alpha value is -1.79. The fourth-order valence-corrected chi connectivity index (χ4v) is 4.08. The molecule has 0 spiro atoms. The van der Waals surface area contributed by atoms with Crippen LogP contribution in [-0.4, -0.2) is 50.2 Å². The second-order valence-electron chi connectivity index (χ2n) is 7.93. The molecule has 4 atom stereocenters. The van der Waals surface area contributed by atoms with Crippen molar-refractivity contribution in [2.24, 2.45) is 23.5 Å². The molecule has 1 aromatic carbocycles. The van der Waals surface area contributed by atoms with Crippen LogP contribution in [0, 0.1) is 17.7 Å². The van der Waals surface area contributed by atoms with Crippen molar-refractivity contribution in [3.63, 3.8) is 0 Å². The van der Waals surface area contributed by atoms with E-state index in [0.29, 0.717) is 6.42 Å². The van der Waals surface area contributed by atoms with E-state index in [-0.39, 0.29) is 36.6 Å². The highest BCUT2D eigenvalue weighted by molar-refractivity contribution is 5.76. The fraction of sp³-hybridized carbons (Fsp3) is 0.708.